The van der Waals surface area contributed by atoms with Crippen LogP contribution in [0.2, 0.25) is 0 Å². The van der Waals surface area contributed by atoms with Gasteiger partial charge in [0, 0.05) is 24.7 Å². The second-order valence-electron chi connectivity index (χ2n) is 8.71. The van der Waals surface area contributed by atoms with Crippen LogP contribution in [0, 0.1) is 5.41 Å². The lowest BCUT2D eigenvalue weighted by Gasteiger charge is -2.62. The third kappa shape index (κ3) is 3.24. The average Bonchev–Trinajstić information content (AvgIpc) is 2.59. The fourth-order valence-electron chi connectivity index (χ4n) is 4.85. The maximum absolute atomic E-state index is 12.7. The van der Waals surface area contributed by atoms with E-state index in [4.69, 9.17) is 9.02 Å². The largest absolute Gasteiger partial charge is 0.378 e. The molecule has 0 spiro atoms. The Labute approximate surface area is 155 Å². The van der Waals surface area contributed by atoms with Gasteiger partial charge in [0.05, 0.1) is 19.4 Å². The highest BCUT2D eigenvalue weighted by Gasteiger charge is 2.58. The molecule has 2 bridgehead atoms. The molecule has 4 aliphatic rings. The molecular formula is C18H27N3O4S. The molecule has 1 aromatic heterocycles. The first-order valence-corrected chi connectivity index (χ1v) is 10.6. The molecule has 7 nitrogen and oxygen atoms in total. The van der Waals surface area contributed by atoms with Crippen LogP contribution in [-0.4, -0.2) is 56.3 Å². The molecule has 3 saturated heterocycles. The highest BCUT2D eigenvalue weighted by atomic mass is 32.2. The maximum atomic E-state index is 12.7. The van der Waals surface area contributed by atoms with Crippen LogP contribution in [-0.2, 0) is 19.1 Å². The minimum Gasteiger partial charge on any atom is -0.378 e. The number of anilines is 1. The predicted molar refractivity (Wildman–Crippen MR) is 97.2 cm³/mol. The van der Waals surface area contributed by atoms with Gasteiger partial charge in [-0.3, -0.25) is 0 Å². The third-order valence-electron chi connectivity index (χ3n) is 5.71. The first kappa shape index (κ1) is 18.2. The fraction of sp³-hybridized carbons (Fsp3) is 0.722. The molecule has 3 aliphatic heterocycles. The van der Waals surface area contributed by atoms with Crippen molar-refractivity contribution >= 4 is 15.9 Å². The second kappa shape index (κ2) is 6.15. The summed E-state index contributed by atoms with van der Waals surface area (Å²) in [4.78, 5) is 6.51. The van der Waals surface area contributed by atoms with Crippen LogP contribution < -0.4 is 4.90 Å². The van der Waals surface area contributed by atoms with Gasteiger partial charge in [0.25, 0.3) is 0 Å². The summed E-state index contributed by atoms with van der Waals surface area (Å²) in [6.07, 6.45) is 4.26. The summed E-state index contributed by atoms with van der Waals surface area (Å²) in [6.45, 7) is 9.40. The summed E-state index contributed by atoms with van der Waals surface area (Å²) >= 11 is 0. The van der Waals surface area contributed by atoms with Gasteiger partial charge in [0.15, 0.2) is 0 Å². The number of nitrogens with zero attached hydrogens (tertiary/aromatic N) is 3. The number of piperidine rings is 1. The molecule has 1 saturated carbocycles. The molecule has 2 atom stereocenters. The molecule has 0 N–H and O–H groups in total. The number of fused-ring (bicyclic) bond motifs is 2. The van der Waals surface area contributed by atoms with E-state index in [-0.39, 0.29) is 21.9 Å². The van der Waals surface area contributed by atoms with Crippen molar-refractivity contribution in [3.63, 3.8) is 0 Å². The molecule has 1 aromatic rings. The first-order valence-electron chi connectivity index (χ1n) is 9.21. The van der Waals surface area contributed by atoms with Crippen LogP contribution >= 0.6 is 0 Å². The molecule has 0 radical (unpaired) electrons. The van der Waals surface area contributed by atoms with Gasteiger partial charge in [-0.2, -0.15) is 17.8 Å². The van der Waals surface area contributed by atoms with E-state index in [0.717, 1.165) is 38.2 Å². The van der Waals surface area contributed by atoms with Crippen molar-refractivity contribution in [1.82, 2.24) is 10.0 Å². The van der Waals surface area contributed by atoms with E-state index >= 15 is 0 Å². The van der Waals surface area contributed by atoms with E-state index in [1.807, 2.05) is 0 Å². The Morgan fingerprint density at radius 3 is 2.54 bits per heavy atom. The van der Waals surface area contributed by atoms with Crippen LogP contribution in [0.25, 0.3) is 0 Å². The Bertz CT molecular complexity index is 774. The molecule has 144 valence electrons. The summed E-state index contributed by atoms with van der Waals surface area (Å²) in [5.74, 6) is 0.766. The van der Waals surface area contributed by atoms with E-state index in [2.05, 4.69) is 30.7 Å². The van der Waals surface area contributed by atoms with Crippen molar-refractivity contribution in [2.75, 3.05) is 31.2 Å². The molecule has 4 heterocycles. The van der Waals surface area contributed by atoms with Crippen molar-refractivity contribution < 1.29 is 17.4 Å². The lowest BCUT2D eigenvalue weighted by molar-refractivity contribution is -0.282. The van der Waals surface area contributed by atoms with E-state index in [9.17, 15) is 8.42 Å². The zero-order valence-electron chi connectivity index (χ0n) is 15.6. The van der Waals surface area contributed by atoms with Gasteiger partial charge in [-0.15, -0.1) is 0 Å². The van der Waals surface area contributed by atoms with Gasteiger partial charge < -0.3 is 9.64 Å². The number of ether oxygens (including phenoxy) is 1. The maximum Gasteiger partial charge on any atom is 0.314 e. The van der Waals surface area contributed by atoms with Crippen LogP contribution in [0.3, 0.4) is 0 Å². The molecule has 8 heteroatoms. The molecule has 0 aromatic carbocycles. The number of rotatable bonds is 4. The van der Waals surface area contributed by atoms with Crippen molar-refractivity contribution in [1.29, 1.82) is 0 Å². The summed E-state index contributed by atoms with van der Waals surface area (Å²) in [6, 6.07) is 3.48. The van der Waals surface area contributed by atoms with E-state index in [0.29, 0.717) is 13.2 Å². The van der Waals surface area contributed by atoms with Crippen molar-refractivity contribution in [3.8, 4) is 0 Å². The summed E-state index contributed by atoms with van der Waals surface area (Å²) < 4.78 is 36.3. The molecule has 0 amide bonds. The molecule has 1 aliphatic carbocycles. The lowest BCUT2D eigenvalue weighted by Crippen LogP contribution is -2.70. The van der Waals surface area contributed by atoms with Crippen molar-refractivity contribution in [3.05, 3.63) is 18.3 Å². The van der Waals surface area contributed by atoms with Crippen molar-refractivity contribution in [2.24, 2.45) is 5.41 Å². The minimum atomic E-state index is -3.87. The van der Waals surface area contributed by atoms with Gasteiger partial charge in [-0.1, -0.05) is 13.8 Å². The highest BCUT2D eigenvalue weighted by Crippen LogP contribution is 2.54. The van der Waals surface area contributed by atoms with Crippen LogP contribution in [0.4, 0.5) is 5.82 Å². The van der Waals surface area contributed by atoms with Crippen LogP contribution in [0.5, 0.6) is 0 Å². The van der Waals surface area contributed by atoms with Gasteiger partial charge >= 0.3 is 10.1 Å². The van der Waals surface area contributed by atoms with Gasteiger partial charge in [-0.05, 0) is 43.7 Å². The van der Waals surface area contributed by atoms with Crippen LogP contribution in [0.15, 0.2) is 23.2 Å². The van der Waals surface area contributed by atoms with Crippen molar-refractivity contribution in [2.45, 2.75) is 56.5 Å². The Morgan fingerprint density at radius 1 is 1.19 bits per heavy atom. The fourth-order valence-corrected chi connectivity index (χ4v) is 5.87. The molecular weight excluding hydrogens is 354 g/mol. The zero-order valence-corrected chi connectivity index (χ0v) is 16.5. The smallest absolute Gasteiger partial charge is 0.314 e. The number of aromatic nitrogens is 1. The van der Waals surface area contributed by atoms with E-state index in [1.54, 1.807) is 17.2 Å². The quantitative estimate of drug-likeness (QED) is 0.792. The van der Waals surface area contributed by atoms with E-state index < -0.39 is 10.1 Å². The third-order valence-corrected chi connectivity index (χ3v) is 6.89. The Balaban J connectivity index is 1.47. The first-order chi connectivity index (χ1) is 12.2. The summed E-state index contributed by atoms with van der Waals surface area (Å²) in [5.41, 5.74) is 0.0172. The average molecular weight is 381 g/mol. The predicted octanol–water partition coefficient (Wildman–Crippen LogP) is 2.19. The number of hydrogen-bond acceptors (Lipinski definition) is 7. The van der Waals surface area contributed by atoms with E-state index in [1.165, 1.54) is 6.20 Å². The minimum absolute atomic E-state index is 0.0994. The van der Waals surface area contributed by atoms with Gasteiger partial charge in [0.2, 0.25) is 0 Å². The summed E-state index contributed by atoms with van der Waals surface area (Å²) in [7, 11) is -3.87. The zero-order chi connectivity index (χ0) is 18.6. The lowest BCUT2D eigenvalue weighted by atomic mass is 9.60. The molecule has 4 fully saturated rings. The number of hydroxylamine groups is 2. The Kier molecular flexibility index (Phi) is 4.30. The van der Waals surface area contributed by atoms with Crippen LogP contribution in [0.1, 0.15) is 40.0 Å². The molecule has 26 heavy (non-hydrogen) atoms. The highest BCUT2D eigenvalue weighted by molar-refractivity contribution is 7.86. The molecule has 2 unspecified atom stereocenters. The normalized spacial score (nSPS) is 31.5. The number of pyridine rings is 1. The topological polar surface area (TPSA) is 72.0 Å². The Hall–Kier alpha value is -1.22. The molecule has 5 rings (SSSR count). The number of morpholine rings is 1. The second-order valence-corrected chi connectivity index (χ2v) is 10.2. The summed E-state index contributed by atoms with van der Waals surface area (Å²) in [5, 5.41) is 1.70. The Morgan fingerprint density at radius 2 is 1.92 bits per heavy atom. The van der Waals surface area contributed by atoms with Gasteiger partial charge in [0.1, 0.15) is 10.7 Å². The monoisotopic (exact) mass is 381 g/mol. The SMILES string of the molecule is CC1(C)CC2CC(C)(C1)N2OS(=O)(=O)c1ccc(N2CCOCC2)nc1. The number of hydrogen-bond donors (Lipinski definition) is 0. The standard InChI is InChI=1S/C18H27N3O4S/c1-17(2)10-14-11-18(3,13-17)21(14)25-26(22,23)15-4-5-16(19-12-15)20-6-8-24-9-7-20/h4-5,12,14H,6-11,13H2,1-3H3. The van der Waals surface area contributed by atoms with Gasteiger partial charge in [-0.25, -0.2) is 4.98 Å².